The summed E-state index contributed by atoms with van der Waals surface area (Å²) in [6.07, 6.45) is 1.79. The van der Waals surface area contributed by atoms with Gasteiger partial charge in [-0.25, -0.2) is 4.39 Å². The van der Waals surface area contributed by atoms with Crippen LogP contribution in [-0.4, -0.2) is 6.21 Å². The van der Waals surface area contributed by atoms with Gasteiger partial charge >= 0.3 is 0 Å². The highest BCUT2D eigenvalue weighted by Gasteiger charge is 2.10. The van der Waals surface area contributed by atoms with Gasteiger partial charge in [-0.05, 0) is 82.9 Å². The van der Waals surface area contributed by atoms with Gasteiger partial charge in [-0.1, -0.05) is 34.1 Å². The fourth-order valence-corrected chi connectivity index (χ4v) is 3.89. The van der Waals surface area contributed by atoms with Crippen LogP contribution in [0.25, 0.3) is 0 Å². The van der Waals surface area contributed by atoms with Crippen LogP contribution in [0.1, 0.15) is 22.3 Å². The van der Waals surface area contributed by atoms with Crippen LogP contribution in [0.4, 0.5) is 10.1 Å². The lowest BCUT2D eigenvalue weighted by Gasteiger charge is -2.12. The Morgan fingerprint density at radius 3 is 2.41 bits per heavy atom. The minimum Gasteiger partial charge on any atom is -0.487 e. The highest BCUT2D eigenvalue weighted by atomic mass is 79.9. The molecule has 27 heavy (non-hydrogen) atoms. The summed E-state index contributed by atoms with van der Waals surface area (Å²) in [5.74, 6) is 0.430. The molecule has 0 aromatic heterocycles. The first-order valence-corrected chi connectivity index (χ1v) is 9.98. The second-order valence-electron chi connectivity index (χ2n) is 6.25. The van der Waals surface area contributed by atoms with E-state index in [0.717, 1.165) is 25.8 Å². The van der Waals surface area contributed by atoms with Gasteiger partial charge in [0, 0.05) is 16.3 Å². The summed E-state index contributed by atoms with van der Waals surface area (Å²) in [6, 6.07) is 16.3. The Morgan fingerprint density at radius 2 is 1.70 bits per heavy atom. The fourth-order valence-electron chi connectivity index (χ4n) is 2.51. The first-order valence-electron chi connectivity index (χ1n) is 8.40. The number of halogens is 3. The summed E-state index contributed by atoms with van der Waals surface area (Å²) in [6.45, 7) is 4.49. The van der Waals surface area contributed by atoms with E-state index >= 15 is 0 Å². The van der Waals surface area contributed by atoms with Gasteiger partial charge in [0.25, 0.3) is 0 Å². The van der Waals surface area contributed by atoms with E-state index in [-0.39, 0.29) is 5.82 Å². The molecule has 0 aliphatic rings. The number of aliphatic imine (C=N–C) groups is 1. The van der Waals surface area contributed by atoms with Crippen LogP contribution in [0.15, 0.2) is 68.5 Å². The van der Waals surface area contributed by atoms with Crippen molar-refractivity contribution in [1.29, 1.82) is 0 Å². The standard InChI is InChI=1S/C22H18Br2FNO/c1-14-3-8-20(9-15(14)2)26-12-17-10-18(23)11-21(24)22(17)27-13-16-4-6-19(25)7-5-16/h3-12H,13H2,1-2H3. The molecule has 0 aliphatic heterocycles. The predicted octanol–water partition coefficient (Wildman–Crippen LogP) is 7.30. The maximum atomic E-state index is 13.1. The Hall–Kier alpha value is -1.98. The highest BCUT2D eigenvalue weighted by Crippen LogP contribution is 2.33. The van der Waals surface area contributed by atoms with Crippen molar-refractivity contribution in [2.24, 2.45) is 4.99 Å². The molecule has 2 nitrogen and oxygen atoms in total. The monoisotopic (exact) mass is 489 g/mol. The molecule has 0 amide bonds. The van der Waals surface area contributed by atoms with Crippen molar-refractivity contribution in [3.05, 3.63) is 91.6 Å². The minimum atomic E-state index is -0.259. The molecule has 5 heteroatoms. The molecule has 3 aromatic carbocycles. The molecule has 0 fully saturated rings. The fraction of sp³-hybridized carbons (Fsp3) is 0.136. The Balaban J connectivity index is 1.86. The number of hydrogen-bond donors (Lipinski definition) is 0. The van der Waals surface area contributed by atoms with E-state index in [4.69, 9.17) is 4.74 Å². The molecular weight excluding hydrogens is 473 g/mol. The molecule has 3 aromatic rings. The summed E-state index contributed by atoms with van der Waals surface area (Å²) < 4.78 is 20.8. The largest absolute Gasteiger partial charge is 0.487 e. The molecular formula is C22H18Br2FNO. The van der Waals surface area contributed by atoms with Crippen molar-refractivity contribution in [1.82, 2.24) is 0 Å². The number of hydrogen-bond acceptors (Lipinski definition) is 2. The zero-order valence-corrected chi connectivity index (χ0v) is 18.1. The Kier molecular flexibility index (Phi) is 6.45. The first-order chi connectivity index (χ1) is 12.9. The van der Waals surface area contributed by atoms with Gasteiger partial charge in [-0.15, -0.1) is 0 Å². The smallest absolute Gasteiger partial charge is 0.142 e. The van der Waals surface area contributed by atoms with Crippen molar-refractivity contribution in [2.45, 2.75) is 20.5 Å². The third kappa shape index (κ3) is 5.27. The van der Waals surface area contributed by atoms with Crippen molar-refractivity contribution in [3.8, 4) is 5.75 Å². The molecule has 3 rings (SSSR count). The zero-order valence-electron chi connectivity index (χ0n) is 15.0. The Labute approximate surface area is 175 Å². The van der Waals surface area contributed by atoms with Crippen LogP contribution in [0.2, 0.25) is 0 Å². The normalized spacial score (nSPS) is 11.1. The van der Waals surface area contributed by atoms with Gasteiger partial charge in [0.1, 0.15) is 18.2 Å². The number of nitrogens with zero attached hydrogens (tertiary/aromatic N) is 1. The Morgan fingerprint density at radius 1 is 0.963 bits per heavy atom. The van der Waals surface area contributed by atoms with Crippen LogP contribution in [0.5, 0.6) is 5.75 Å². The van der Waals surface area contributed by atoms with Crippen LogP contribution in [-0.2, 0) is 6.61 Å². The zero-order chi connectivity index (χ0) is 19.4. The molecule has 0 saturated carbocycles. The molecule has 0 unspecified atom stereocenters. The first kappa shape index (κ1) is 19.8. The van der Waals surface area contributed by atoms with Crippen molar-refractivity contribution < 1.29 is 9.13 Å². The van der Waals surface area contributed by atoms with E-state index in [1.165, 1.54) is 23.3 Å². The lowest BCUT2D eigenvalue weighted by molar-refractivity contribution is 0.303. The van der Waals surface area contributed by atoms with E-state index in [1.54, 1.807) is 18.3 Å². The number of aryl methyl sites for hydroxylation is 2. The second kappa shape index (κ2) is 8.81. The van der Waals surface area contributed by atoms with Crippen molar-refractivity contribution in [2.75, 3.05) is 0 Å². The molecule has 0 aliphatic carbocycles. The average molecular weight is 491 g/mol. The van der Waals surface area contributed by atoms with Gasteiger partial charge in [0.2, 0.25) is 0 Å². The number of ether oxygens (including phenoxy) is 1. The molecule has 0 heterocycles. The minimum absolute atomic E-state index is 0.259. The van der Waals surface area contributed by atoms with Crippen LogP contribution in [0.3, 0.4) is 0 Å². The molecule has 0 spiro atoms. The SMILES string of the molecule is Cc1ccc(N=Cc2cc(Br)cc(Br)c2OCc2ccc(F)cc2)cc1C. The van der Waals surface area contributed by atoms with E-state index in [0.29, 0.717) is 12.4 Å². The third-order valence-corrected chi connectivity index (χ3v) is 5.22. The maximum absolute atomic E-state index is 13.1. The predicted molar refractivity (Wildman–Crippen MR) is 116 cm³/mol. The van der Waals surface area contributed by atoms with Gasteiger partial charge in [0.05, 0.1) is 10.2 Å². The van der Waals surface area contributed by atoms with Crippen LogP contribution in [0, 0.1) is 19.7 Å². The van der Waals surface area contributed by atoms with Gasteiger partial charge < -0.3 is 4.74 Å². The highest BCUT2D eigenvalue weighted by molar-refractivity contribution is 9.11. The molecule has 0 radical (unpaired) electrons. The summed E-state index contributed by atoms with van der Waals surface area (Å²) in [4.78, 5) is 4.59. The molecule has 0 bridgehead atoms. The van der Waals surface area contributed by atoms with E-state index < -0.39 is 0 Å². The van der Waals surface area contributed by atoms with Crippen LogP contribution >= 0.6 is 31.9 Å². The molecule has 138 valence electrons. The average Bonchev–Trinajstić information content (AvgIpc) is 2.63. The molecule has 0 saturated heterocycles. The summed E-state index contributed by atoms with van der Waals surface area (Å²) in [5.41, 5.74) is 5.06. The molecule has 0 atom stereocenters. The lowest BCUT2D eigenvalue weighted by Crippen LogP contribution is -2.00. The number of rotatable bonds is 5. The lowest BCUT2D eigenvalue weighted by atomic mass is 10.1. The number of benzene rings is 3. The van der Waals surface area contributed by atoms with Crippen molar-refractivity contribution >= 4 is 43.8 Å². The summed E-state index contributed by atoms with van der Waals surface area (Å²) in [5, 5.41) is 0. The van der Waals surface area contributed by atoms with Gasteiger partial charge in [0.15, 0.2) is 0 Å². The topological polar surface area (TPSA) is 21.6 Å². The van der Waals surface area contributed by atoms with E-state index in [2.05, 4.69) is 62.8 Å². The molecule has 0 N–H and O–H groups in total. The third-order valence-electron chi connectivity index (χ3n) is 4.18. The van der Waals surface area contributed by atoms with Gasteiger partial charge in [-0.2, -0.15) is 0 Å². The van der Waals surface area contributed by atoms with Crippen molar-refractivity contribution in [3.63, 3.8) is 0 Å². The van der Waals surface area contributed by atoms with Gasteiger partial charge in [-0.3, -0.25) is 4.99 Å². The maximum Gasteiger partial charge on any atom is 0.142 e. The van der Waals surface area contributed by atoms with E-state index in [9.17, 15) is 4.39 Å². The quantitative estimate of drug-likeness (QED) is 0.344. The summed E-state index contributed by atoms with van der Waals surface area (Å²) >= 11 is 7.06. The van der Waals surface area contributed by atoms with Crippen LogP contribution < -0.4 is 4.74 Å². The Bertz CT molecular complexity index is 984. The summed E-state index contributed by atoms with van der Waals surface area (Å²) in [7, 11) is 0. The van der Waals surface area contributed by atoms with E-state index in [1.807, 2.05) is 18.2 Å². The second-order valence-corrected chi connectivity index (χ2v) is 8.02.